The lowest BCUT2D eigenvalue weighted by atomic mass is 9.74. The Kier molecular flexibility index (Phi) is 5.57. The van der Waals surface area contributed by atoms with Crippen LogP contribution in [0.5, 0.6) is 0 Å². The highest BCUT2D eigenvalue weighted by Gasteiger charge is 2.38. The van der Waals surface area contributed by atoms with E-state index in [0.717, 1.165) is 45.1 Å². The first-order chi connectivity index (χ1) is 11.6. The van der Waals surface area contributed by atoms with Crippen molar-refractivity contribution < 1.29 is 9.53 Å². The van der Waals surface area contributed by atoms with Crippen LogP contribution >= 0.6 is 0 Å². The lowest BCUT2D eigenvalue weighted by Crippen LogP contribution is -2.53. The fourth-order valence-electron chi connectivity index (χ4n) is 4.21. The van der Waals surface area contributed by atoms with Gasteiger partial charge in [-0.15, -0.1) is 0 Å². The molecule has 4 unspecified atom stereocenters. The first kappa shape index (κ1) is 17.4. The van der Waals surface area contributed by atoms with Crippen LogP contribution in [0.25, 0.3) is 0 Å². The van der Waals surface area contributed by atoms with Crippen LogP contribution in [0.2, 0.25) is 0 Å². The van der Waals surface area contributed by atoms with Crippen molar-refractivity contribution in [3.8, 4) is 0 Å². The first-order valence-electron chi connectivity index (χ1n) is 9.31. The van der Waals surface area contributed by atoms with E-state index in [2.05, 4.69) is 17.4 Å². The minimum Gasteiger partial charge on any atom is -0.373 e. The maximum Gasteiger partial charge on any atom is 0.224 e. The molecule has 2 fully saturated rings. The minimum atomic E-state index is -0.371. The van der Waals surface area contributed by atoms with E-state index in [4.69, 9.17) is 10.5 Å². The fourth-order valence-corrected chi connectivity index (χ4v) is 4.21. The molecular formula is C20H30N2O2. The predicted molar refractivity (Wildman–Crippen MR) is 95.4 cm³/mol. The van der Waals surface area contributed by atoms with Crippen molar-refractivity contribution in [1.82, 2.24) is 5.32 Å². The van der Waals surface area contributed by atoms with Gasteiger partial charge in [-0.25, -0.2) is 0 Å². The Morgan fingerprint density at radius 3 is 2.79 bits per heavy atom. The van der Waals surface area contributed by atoms with Gasteiger partial charge in [0.1, 0.15) is 0 Å². The molecule has 0 aromatic heterocycles. The zero-order chi connectivity index (χ0) is 17.0. The number of nitrogens with two attached hydrogens (primary N) is 1. The summed E-state index contributed by atoms with van der Waals surface area (Å²) in [5.74, 6) is 0.390. The van der Waals surface area contributed by atoms with Crippen LogP contribution in [-0.4, -0.2) is 24.6 Å². The van der Waals surface area contributed by atoms with Gasteiger partial charge in [0, 0.05) is 24.6 Å². The molecule has 1 heterocycles. The molecule has 1 aliphatic carbocycles. The lowest BCUT2D eigenvalue weighted by Gasteiger charge is -2.38. The maximum atomic E-state index is 12.7. The third kappa shape index (κ3) is 3.98. The van der Waals surface area contributed by atoms with E-state index in [1.807, 2.05) is 25.1 Å². The summed E-state index contributed by atoms with van der Waals surface area (Å²) in [5, 5.41) is 3.18. The number of nitrogens with one attached hydrogen (secondary N) is 1. The summed E-state index contributed by atoms with van der Waals surface area (Å²) >= 11 is 0. The lowest BCUT2D eigenvalue weighted by molar-refractivity contribution is -0.128. The highest BCUT2D eigenvalue weighted by molar-refractivity contribution is 5.80. The highest BCUT2D eigenvalue weighted by Crippen LogP contribution is 2.34. The Bertz CT molecular complexity index is 544. The van der Waals surface area contributed by atoms with Crippen molar-refractivity contribution in [2.24, 2.45) is 17.6 Å². The third-order valence-electron chi connectivity index (χ3n) is 5.68. The van der Waals surface area contributed by atoms with Gasteiger partial charge in [0.2, 0.25) is 5.91 Å². The van der Waals surface area contributed by atoms with Gasteiger partial charge in [-0.3, -0.25) is 4.79 Å². The van der Waals surface area contributed by atoms with Gasteiger partial charge in [-0.2, -0.15) is 0 Å². The molecule has 4 atom stereocenters. The molecule has 3 rings (SSSR count). The number of ether oxygens (including phenoxy) is 1. The Morgan fingerprint density at radius 1 is 1.25 bits per heavy atom. The summed E-state index contributed by atoms with van der Waals surface area (Å²) in [4.78, 5) is 12.7. The molecule has 1 aromatic carbocycles. The van der Waals surface area contributed by atoms with E-state index in [0.29, 0.717) is 12.5 Å². The van der Waals surface area contributed by atoms with E-state index in [1.54, 1.807) is 0 Å². The smallest absolute Gasteiger partial charge is 0.224 e. The average Bonchev–Trinajstić information content (AvgIpc) is 2.60. The minimum absolute atomic E-state index is 0.0639. The van der Waals surface area contributed by atoms with E-state index < -0.39 is 0 Å². The SMILES string of the molecule is CC1(N)CCCCC1C(=O)NCC1CCCOC1c1ccccc1. The Balaban J connectivity index is 1.61. The maximum absolute atomic E-state index is 12.7. The van der Waals surface area contributed by atoms with Gasteiger partial charge in [0.15, 0.2) is 0 Å². The molecule has 1 aromatic rings. The molecule has 132 valence electrons. The number of carbonyl (C=O) groups excluding carboxylic acids is 1. The van der Waals surface area contributed by atoms with Crippen LogP contribution in [0.1, 0.15) is 57.1 Å². The molecule has 0 spiro atoms. The summed E-state index contributed by atoms with van der Waals surface area (Å²) in [6.07, 6.45) is 6.29. The molecule has 1 saturated heterocycles. The summed E-state index contributed by atoms with van der Waals surface area (Å²) < 4.78 is 6.02. The predicted octanol–water partition coefficient (Wildman–Crippen LogP) is 3.18. The number of carbonyl (C=O) groups is 1. The third-order valence-corrected chi connectivity index (χ3v) is 5.68. The van der Waals surface area contributed by atoms with Crippen molar-refractivity contribution in [2.75, 3.05) is 13.2 Å². The number of benzene rings is 1. The first-order valence-corrected chi connectivity index (χ1v) is 9.31. The van der Waals surface area contributed by atoms with E-state index in [9.17, 15) is 4.79 Å². The molecule has 2 aliphatic rings. The van der Waals surface area contributed by atoms with Gasteiger partial charge in [-0.1, -0.05) is 43.2 Å². The van der Waals surface area contributed by atoms with Gasteiger partial charge in [0.05, 0.1) is 12.0 Å². The van der Waals surface area contributed by atoms with Gasteiger partial charge in [-0.05, 0) is 38.2 Å². The molecule has 4 heteroatoms. The number of hydrogen-bond acceptors (Lipinski definition) is 3. The number of amides is 1. The van der Waals surface area contributed by atoms with Gasteiger partial charge >= 0.3 is 0 Å². The normalized spacial score (nSPS) is 33.8. The van der Waals surface area contributed by atoms with Gasteiger partial charge < -0.3 is 15.8 Å². The molecule has 4 nitrogen and oxygen atoms in total. The van der Waals surface area contributed by atoms with Crippen LogP contribution in [0.3, 0.4) is 0 Å². The second-order valence-corrected chi connectivity index (χ2v) is 7.65. The van der Waals surface area contributed by atoms with Crippen LogP contribution < -0.4 is 11.1 Å². The van der Waals surface area contributed by atoms with Crippen molar-refractivity contribution in [3.63, 3.8) is 0 Å². The van der Waals surface area contributed by atoms with E-state index in [-0.39, 0.29) is 23.5 Å². The Morgan fingerprint density at radius 2 is 2.04 bits per heavy atom. The number of rotatable bonds is 4. The summed E-state index contributed by atoms with van der Waals surface area (Å²) in [6.45, 7) is 3.49. The molecule has 0 bridgehead atoms. The monoisotopic (exact) mass is 330 g/mol. The van der Waals surface area contributed by atoms with Crippen LogP contribution in [0.15, 0.2) is 30.3 Å². The molecule has 1 saturated carbocycles. The molecule has 24 heavy (non-hydrogen) atoms. The largest absolute Gasteiger partial charge is 0.373 e. The highest BCUT2D eigenvalue weighted by atomic mass is 16.5. The second-order valence-electron chi connectivity index (χ2n) is 7.65. The molecular weight excluding hydrogens is 300 g/mol. The average molecular weight is 330 g/mol. The van der Waals surface area contributed by atoms with Crippen LogP contribution in [-0.2, 0) is 9.53 Å². The summed E-state index contributed by atoms with van der Waals surface area (Å²) in [6, 6.07) is 10.3. The van der Waals surface area contributed by atoms with E-state index in [1.165, 1.54) is 5.56 Å². The Labute approximate surface area is 145 Å². The van der Waals surface area contributed by atoms with Crippen LogP contribution in [0.4, 0.5) is 0 Å². The van der Waals surface area contributed by atoms with E-state index >= 15 is 0 Å². The number of hydrogen-bond donors (Lipinski definition) is 2. The molecule has 3 N–H and O–H groups in total. The Hall–Kier alpha value is -1.39. The fraction of sp³-hybridized carbons (Fsp3) is 0.650. The summed E-state index contributed by atoms with van der Waals surface area (Å²) in [7, 11) is 0. The zero-order valence-electron chi connectivity index (χ0n) is 14.7. The molecule has 0 radical (unpaired) electrons. The zero-order valence-corrected chi connectivity index (χ0v) is 14.7. The van der Waals surface area contributed by atoms with Crippen molar-refractivity contribution in [2.45, 2.75) is 57.1 Å². The molecule has 1 aliphatic heterocycles. The standard InChI is InChI=1S/C20H30N2O2/c1-20(21)12-6-5-11-17(20)19(23)22-14-16-10-7-13-24-18(16)15-8-3-2-4-9-15/h2-4,8-9,16-18H,5-7,10-14,21H2,1H3,(H,22,23). The quantitative estimate of drug-likeness (QED) is 0.891. The topological polar surface area (TPSA) is 64.4 Å². The molecule has 1 amide bonds. The van der Waals surface area contributed by atoms with Gasteiger partial charge in [0.25, 0.3) is 0 Å². The summed E-state index contributed by atoms with van der Waals surface area (Å²) in [5.41, 5.74) is 7.20. The van der Waals surface area contributed by atoms with Crippen molar-refractivity contribution in [3.05, 3.63) is 35.9 Å². The van der Waals surface area contributed by atoms with Crippen LogP contribution in [0, 0.1) is 11.8 Å². The van der Waals surface area contributed by atoms with Crippen molar-refractivity contribution >= 4 is 5.91 Å². The van der Waals surface area contributed by atoms with Crippen molar-refractivity contribution in [1.29, 1.82) is 0 Å². The second kappa shape index (κ2) is 7.66.